The predicted molar refractivity (Wildman–Crippen MR) is 68.1 cm³/mol. The van der Waals surface area contributed by atoms with Crippen LogP contribution in [0, 0.1) is 6.92 Å². The Morgan fingerprint density at radius 1 is 1.32 bits per heavy atom. The SMILES string of the molecule is Cc1ccc(CNC(=O)N[C@H](CC(=O)O)C(=O)O)s1. The molecule has 104 valence electrons. The van der Waals surface area contributed by atoms with E-state index >= 15 is 0 Å². The number of rotatable bonds is 6. The molecular formula is C11H14N2O5S. The summed E-state index contributed by atoms with van der Waals surface area (Å²) in [6.07, 6.45) is -0.666. The smallest absolute Gasteiger partial charge is 0.326 e. The highest BCUT2D eigenvalue weighted by atomic mass is 32.1. The number of hydrogen-bond acceptors (Lipinski definition) is 4. The number of amides is 2. The normalized spacial score (nSPS) is 11.6. The van der Waals surface area contributed by atoms with E-state index in [0.717, 1.165) is 9.75 Å². The molecule has 1 atom stereocenters. The minimum atomic E-state index is -1.44. The number of carboxylic acids is 2. The molecule has 0 aliphatic carbocycles. The third-order valence-corrected chi connectivity index (χ3v) is 3.20. The Balaban J connectivity index is 2.44. The standard InChI is InChI=1S/C11H14N2O5S/c1-6-2-3-7(19-6)5-12-11(18)13-8(10(16)17)4-9(14)15/h2-3,8H,4-5H2,1H3,(H,14,15)(H,16,17)(H2,12,13,18)/t8-/m1/s1. The first-order chi connectivity index (χ1) is 8.88. The molecule has 0 unspecified atom stereocenters. The Bertz CT molecular complexity index is 485. The fourth-order valence-electron chi connectivity index (χ4n) is 1.33. The maximum Gasteiger partial charge on any atom is 0.326 e. The van der Waals surface area contributed by atoms with Crippen LogP contribution in [-0.4, -0.2) is 34.2 Å². The maximum atomic E-state index is 11.4. The van der Waals surface area contributed by atoms with Gasteiger partial charge in [0.1, 0.15) is 6.04 Å². The van der Waals surface area contributed by atoms with Crippen molar-refractivity contribution in [3.8, 4) is 0 Å². The summed E-state index contributed by atoms with van der Waals surface area (Å²) < 4.78 is 0. The second-order valence-electron chi connectivity index (χ2n) is 3.83. The van der Waals surface area contributed by atoms with E-state index in [1.807, 2.05) is 19.1 Å². The summed E-state index contributed by atoms with van der Waals surface area (Å²) in [5, 5.41) is 21.9. The number of nitrogens with one attached hydrogen (secondary N) is 2. The summed E-state index contributed by atoms with van der Waals surface area (Å²) >= 11 is 1.51. The molecule has 4 N–H and O–H groups in total. The Morgan fingerprint density at radius 3 is 2.47 bits per heavy atom. The van der Waals surface area contributed by atoms with Crippen molar-refractivity contribution in [2.45, 2.75) is 25.9 Å². The highest BCUT2D eigenvalue weighted by Gasteiger charge is 2.22. The number of urea groups is 1. The molecule has 0 fully saturated rings. The molecule has 0 aliphatic rings. The third-order valence-electron chi connectivity index (χ3n) is 2.20. The van der Waals surface area contributed by atoms with Gasteiger partial charge in [-0.05, 0) is 19.1 Å². The maximum absolute atomic E-state index is 11.4. The van der Waals surface area contributed by atoms with Crippen LogP contribution >= 0.6 is 11.3 Å². The lowest BCUT2D eigenvalue weighted by Gasteiger charge is -2.12. The number of carboxylic acid groups (broad SMARTS) is 2. The monoisotopic (exact) mass is 286 g/mol. The van der Waals surface area contributed by atoms with Gasteiger partial charge in [0.25, 0.3) is 0 Å². The molecule has 0 aromatic carbocycles. The van der Waals surface area contributed by atoms with E-state index < -0.39 is 30.4 Å². The van der Waals surface area contributed by atoms with Gasteiger partial charge >= 0.3 is 18.0 Å². The van der Waals surface area contributed by atoms with Crippen LogP contribution in [0.5, 0.6) is 0 Å². The molecule has 0 saturated carbocycles. The van der Waals surface area contributed by atoms with Crippen LogP contribution in [0.2, 0.25) is 0 Å². The van der Waals surface area contributed by atoms with Crippen LogP contribution < -0.4 is 10.6 Å². The van der Waals surface area contributed by atoms with Crippen LogP contribution in [0.15, 0.2) is 12.1 Å². The Labute approximate surface area is 113 Å². The largest absolute Gasteiger partial charge is 0.481 e. The van der Waals surface area contributed by atoms with Gasteiger partial charge < -0.3 is 20.8 Å². The first-order valence-electron chi connectivity index (χ1n) is 5.42. The zero-order chi connectivity index (χ0) is 14.4. The number of aliphatic carboxylic acids is 2. The quantitative estimate of drug-likeness (QED) is 0.617. The number of thiophene rings is 1. The van der Waals surface area contributed by atoms with E-state index in [-0.39, 0.29) is 6.54 Å². The summed E-state index contributed by atoms with van der Waals surface area (Å²) in [5.41, 5.74) is 0. The van der Waals surface area contributed by atoms with Gasteiger partial charge in [-0.2, -0.15) is 0 Å². The van der Waals surface area contributed by atoms with Gasteiger partial charge in [-0.3, -0.25) is 4.79 Å². The number of carbonyl (C=O) groups is 3. The van der Waals surface area contributed by atoms with Crippen LogP contribution in [0.4, 0.5) is 4.79 Å². The summed E-state index contributed by atoms with van der Waals surface area (Å²) in [6.45, 7) is 2.20. The van der Waals surface area contributed by atoms with Crippen molar-refractivity contribution in [1.29, 1.82) is 0 Å². The molecule has 0 aliphatic heterocycles. The molecule has 2 amide bonds. The molecule has 1 heterocycles. The summed E-state index contributed by atoms with van der Waals surface area (Å²) in [7, 11) is 0. The minimum Gasteiger partial charge on any atom is -0.481 e. The van der Waals surface area contributed by atoms with Crippen molar-refractivity contribution in [3.63, 3.8) is 0 Å². The van der Waals surface area contributed by atoms with Crippen molar-refractivity contribution < 1.29 is 24.6 Å². The molecule has 0 bridgehead atoms. The molecule has 1 rings (SSSR count). The third kappa shape index (κ3) is 5.38. The van der Waals surface area contributed by atoms with Crippen molar-refractivity contribution in [1.82, 2.24) is 10.6 Å². The molecule has 1 aromatic heterocycles. The van der Waals surface area contributed by atoms with E-state index in [1.54, 1.807) is 0 Å². The fourth-order valence-corrected chi connectivity index (χ4v) is 2.16. The van der Waals surface area contributed by atoms with E-state index in [0.29, 0.717) is 0 Å². The predicted octanol–water partition coefficient (Wildman–Crippen LogP) is 0.784. The highest BCUT2D eigenvalue weighted by Crippen LogP contribution is 2.14. The highest BCUT2D eigenvalue weighted by molar-refractivity contribution is 7.11. The van der Waals surface area contributed by atoms with E-state index in [4.69, 9.17) is 10.2 Å². The molecule has 1 aromatic rings. The van der Waals surface area contributed by atoms with Crippen molar-refractivity contribution in [2.24, 2.45) is 0 Å². The van der Waals surface area contributed by atoms with Gasteiger partial charge in [-0.25, -0.2) is 9.59 Å². The van der Waals surface area contributed by atoms with Crippen LogP contribution in [0.25, 0.3) is 0 Å². The topological polar surface area (TPSA) is 116 Å². The molecule has 7 nitrogen and oxygen atoms in total. The summed E-state index contributed by atoms with van der Waals surface area (Å²) in [5.74, 6) is -2.67. The van der Waals surface area contributed by atoms with Gasteiger partial charge in [0.05, 0.1) is 13.0 Å². The van der Waals surface area contributed by atoms with Crippen LogP contribution in [0.1, 0.15) is 16.2 Å². The van der Waals surface area contributed by atoms with Gasteiger partial charge in [0.15, 0.2) is 0 Å². The van der Waals surface area contributed by atoms with Crippen molar-refractivity contribution in [3.05, 3.63) is 21.9 Å². The molecular weight excluding hydrogens is 272 g/mol. The van der Waals surface area contributed by atoms with Gasteiger partial charge in [0.2, 0.25) is 0 Å². The molecule has 0 radical (unpaired) electrons. The van der Waals surface area contributed by atoms with E-state index in [1.165, 1.54) is 11.3 Å². The van der Waals surface area contributed by atoms with Crippen molar-refractivity contribution >= 4 is 29.3 Å². The van der Waals surface area contributed by atoms with E-state index in [2.05, 4.69) is 10.6 Å². The summed E-state index contributed by atoms with van der Waals surface area (Å²) in [4.78, 5) is 34.7. The molecule has 0 saturated heterocycles. The molecule has 0 spiro atoms. The average molecular weight is 286 g/mol. The Kier molecular flexibility index (Phi) is 5.31. The zero-order valence-electron chi connectivity index (χ0n) is 10.2. The minimum absolute atomic E-state index is 0.268. The lowest BCUT2D eigenvalue weighted by molar-refractivity contribution is -0.145. The van der Waals surface area contributed by atoms with Crippen LogP contribution in [-0.2, 0) is 16.1 Å². The first kappa shape index (κ1) is 15.0. The molecule has 19 heavy (non-hydrogen) atoms. The number of aryl methyl sites for hydroxylation is 1. The first-order valence-corrected chi connectivity index (χ1v) is 6.24. The zero-order valence-corrected chi connectivity index (χ0v) is 11.0. The lowest BCUT2D eigenvalue weighted by atomic mass is 10.2. The molecule has 8 heteroatoms. The van der Waals surface area contributed by atoms with Gasteiger partial charge in [-0.1, -0.05) is 0 Å². The average Bonchev–Trinajstić information content (AvgIpc) is 2.71. The summed E-state index contributed by atoms with van der Waals surface area (Å²) in [6, 6.07) is 1.61. The van der Waals surface area contributed by atoms with Gasteiger partial charge in [-0.15, -0.1) is 11.3 Å². The fraction of sp³-hybridized carbons (Fsp3) is 0.364. The Morgan fingerprint density at radius 2 is 2.00 bits per heavy atom. The van der Waals surface area contributed by atoms with E-state index in [9.17, 15) is 14.4 Å². The Hall–Kier alpha value is -2.09. The number of hydrogen-bond donors (Lipinski definition) is 4. The van der Waals surface area contributed by atoms with Crippen LogP contribution in [0.3, 0.4) is 0 Å². The van der Waals surface area contributed by atoms with Gasteiger partial charge in [0, 0.05) is 9.75 Å². The second-order valence-corrected chi connectivity index (χ2v) is 5.20. The number of carbonyl (C=O) groups excluding carboxylic acids is 1. The van der Waals surface area contributed by atoms with Crippen molar-refractivity contribution in [2.75, 3.05) is 0 Å². The lowest BCUT2D eigenvalue weighted by Crippen LogP contribution is -2.46. The second kappa shape index (κ2) is 6.74.